The topological polar surface area (TPSA) is 69.6 Å². The van der Waals surface area contributed by atoms with Crippen LogP contribution in [0.5, 0.6) is 0 Å². The van der Waals surface area contributed by atoms with Gasteiger partial charge in [-0.25, -0.2) is 9.18 Å². The van der Waals surface area contributed by atoms with E-state index < -0.39 is 23.2 Å². The minimum absolute atomic E-state index is 0.0436. The van der Waals surface area contributed by atoms with E-state index in [0.29, 0.717) is 25.1 Å². The highest BCUT2D eigenvalue weighted by molar-refractivity contribution is 6.32. The number of benzene rings is 1. The van der Waals surface area contributed by atoms with Gasteiger partial charge < -0.3 is 15.3 Å². The van der Waals surface area contributed by atoms with Gasteiger partial charge in [0.05, 0.1) is 17.3 Å². The number of aryl methyl sites for hydroxylation is 1. The molecule has 0 aromatic heterocycles. The molecule has 2 atom stereocenters. The highest BCUT2D eigenvalue weighted by atomic mass is 35.5. The van der Waals surface area contributed by atoms with E-state index in [4.69, 9.17) is 11.6 Å². The van der Waals surface area contributed by atoms with Crippen LogP contribution in [0.1, 0.15) is 18.4 Å². The number of alkyl halides is 1. The Bertz CT molecular complexity index is 719. The maximum atomic E-state index is 14.1. The lowest BCUT2D eigenvalue weighted by atomic mass is 9.95. The first-order valence-electron chi connectivity index (χ1n) is 7.34. The first-order chi connectivity index (χ1) is 10.9. The van der Waals surface area contributed by atoms with Crippen LogP contribution in [0.2, 0.25) is 0 Å². The number of halogens is 2. The highest BCUT2D eigenvalue weighted by Crippen LogP contribution is 2.36. The molecule has 1 fully saturated rings. The minimum atomic E-state index is -1.14. The number of nitrogens with zero attached hydrogens (tertiary/aromatic N) is 1. The largest absolute Gasteiger partial charge is 0.478 e. The monoisotopic (exact) mass is 338 g/mol. The van der Waals surface area contributed by atoms with E-state index >= 15 is 0 Å². The molecule has 3 rings (SSSR count). The third-order valence-electron chi connectivity index (χ3n) is 4.20. The number of fused-ring (bicyclic) bond motifs is 1. The van der Waals surface area contributed by atoms with E-state index in [1.165, 1.54) is 17.0 Å². The molecule has 23 heavy (non-hydrogen) atoms. The van der Waals surface area contributed by atoms with E-state index in [1.54, 1.807) is 13.0 Å². The molecule has 0 spiro atoms. The lowest BCUT2D eigenvalue weighted by molar-refractivity contribution is -0.134. The maximum Gasteiger partial charge on any atom is 0.335 e. The summed E-state index contributed by atoms with van der Waals surface area (Å²) < 4.78 is 14.1. The maximum absolute atomic E-state index is 14.1. The van der Waals surface area contributed by atoms with Crippen molar-refractivity contribution < 1.29 is 19.1 Å². The van der Waals surface area contributed by atoms with Crippen LogP contribution in [0, 0.1) is 12.7 Å². The molecule has 1 amide bonds. The average Bonchev–Trinajstić information content (AvgIpc) is 2.96. The lowest BCUT2D eigenvalue weighted by Crippen LogP contribution is -2.51. The van der Waals surface area contributed by atoms with Crippen molar-refractivity contribution >= 4 is 29.2 Å². The summed E-state index contributed by atoms with van der Waals surface area (Å²) in [4.78, 5) is 25.5. The van der Waals surface area contributed by atoms with E-state index in [9.17, 15) is 19.1 Å². The summed E-state index contributed by atoms with van der Waals surface area (Å²) in [6, 6.07) is 3.59. The Morgan fingerprint density at radius 2 is 2.22 bits per heavy atom. The minimum Gasteiger partial charge on any atom is -0.478 e. The van der Waals surface area contributed by atoms with Crippen molar-refractivity contribution in [3.8, 4) is 0 Å². The molecular weight excluding hydrogens is 323 g/mol. The van der Waals surface area contributed by atoms with Crippen LogP contribution in [-0.4, -0.2) is 39.8 Å². The summed E-state index contributed by atoms with van der Waals surface area (Å²) in [5, 5.41) is 11.3. The Morgan fingerprint density at radius 3 is 2.87 bits per heavy atom. The second kappa shape index (κ2) is 5.85. The van der Waals surface area contributed by atoms with Crippen LogP contribution in [0.4, 0.5) is 10.1 Å². The molecule has 2 heterocycles. The van der Waals surface area contributed by atoms with Crippen molar-refractivity contribution in [2.24, 2.45) is 0 Å². The normalized spacial score (nSPS) is 24.0. The van der Waals surface area contributed by atoms with Gasteiger partial charge in [-0.05, 0) is 37.5 Å². The van der Waals surface area contributed by atoms with Crippen LogP contribution in [0.25, 0.3) is 0 Å². The molecule has 122 valence electrons. The van der Waals surface area contributed by atoms with Crippen molar-refractivity contribution in [1.82, 2.24) is 4.90 Å². The fourth-order valence-electron chi connectivity index (χ4n) is 3.12. The van der Waals surface area contributed by atoms with Gasteiger partial charge in [0.2, 0.25) is 5.91 Å². The first kappa shape index (κ1) is 15.8. The molecular formula is C16H16ClFN2O3. The number of anilines is 1. The zero-order valence-corrected chi connectivity index (χ0v) is 13.2. The number of nitrogens with one attached hydrogen (secondary N) is 1. The van der Waals surface area contributed by atoms with E-state index in [0.717, 1.165) is 5.56 Å². The fraction of sp³-hybridized carbons (Fsp3) is 0.375. The zero-order chi connectivity index (χ0) is 16.7. The zero-order valence-electron chi connectivity index (χ0n) is 12.5. The van der Waals surface area contributed by atoms with Gasteiger partial charge >= 0.3 is 5.97 Å². The van der Waals surface area contributed by atoms with Crippen molar-refractivity contribution in [3.63, 3.8) is 0 Å². The Labute approximate surface area is 137 Å². The van der Waals surface area contributed by atoms with E-state index in [-0.39, 0.29) is 17.2 Å². The number of hydrogen-bond donors (Lipinski definition) is 2. The van der Waals surface area contributed by atoms with Gasteiger partial charge in [-0.3, -0.25) is 4.79 Å². The number of carbonyl (C=O) groups excluding carboxylic acids is 1. The standard InChI is InChI=1S/C16H16ClFN2O3/c1-8-4-5-10(9(18)7-8)19-14-12(16(22)23)11-3-2-6-20(11)15(21)13(14)17/h4-5,7,13-14,19H,2-3,6H2,1H3,(H,22,23). The molecule has 1 aromatic carbocycles. The van der Waals surface area contributed by atoms with Crippen LogP contribution in [0.15, 0.2) is 29.5 Å². The molecule has 1 saturated heterocycles. The summed E-state index contributed by atoms with van der Waals surface area (Å²) in [7, 11) is 0. The van der Waals surface area contributed by atoms with Crippen molar-refractivity contribution in [3.05, 3.63) is 40.8 Å². The summed E-state index contributed by atoms with van der Waals surface area (Å²) in [6.45, 7) is 2.22. The second-order valence-corrected chi connectivity index (χ2v) is 6.24. The highest BCUT2D eigenvalue weighted by Gasteiger charge is 2.45. The second-order valence-electron chi connectivity index (χ2n) is 5.77. The summed E-state index contributed by atoms with van der Waals surface area (Å²) in [6.07, 6.45) is 1.21. The third kappa shape index (κ3) is 2.67. The number of rotatable bonds is 3. The summed E-state index contributed by atoms with van der Waals surface area (Å²) >= 11 is 6.20. The molecule has 5 nitrogen and oxygen atoms in total. The van der Waals surface area contributed by atoms with Crippen LogP contribution in [-0.2, 0) is 9.59 Å². The molecule has 1 aromatic rings. The molecule has 2 N–H and O–H groups in total. The molecule has 2 unspecified atom stereocenters. The predicted octanol–water partition coefficient (Wildman–Crippen LogP) is 2.50. The van der Waals surface area contributed by atoms with Gasteiger partial charge in [0, 0.05) is 12.2 Å². The number of hydrogen-bond acceptors (Lipinski definition) is 3. The fourth-order valence-corrected chi connectivity index (χ4v) is 3.43. The van der Waals surface area contributed by atoms with Gasteiger partial charge in [0.15, 0.2) is 0 Å². The van der Waals surface area contributed by atoms with Crippen molar-refractivity contribution in [1.29, 1.82) is 0 Å². The number of allylic oxidation sites excluding steroid dienone is 1. The van der Waals surface area contributed by atoms with Crippen molar-refractivity contribution in [2.75, 3.05) is 11.9 Å². The Morgan fingerprint density at radius 1 is 1.48 bits per heavy atom. The van der Waals surface area contributed by atoms with Crippen LogP contribution >= 0.6 is 11.6 Å². The van der Waals surface area contributed by atoms with Crippen LogP contribution < -0.4 is 5.32 Å². The molecule has 0 aliphatic carbocycles. The summed E-state index contributed by atoms with van der Waals surface area (Å²) in [5.74, 6) is -1.99. The quantitative estimate of drug-likeness (QED) is 0.831. The average molecular weight is 339 g/mol. The van der Waals surface area contributed by atoms with E-state index in [2.05, 4.69) is 5.32 Å². The molecule has 0 radical (unpaired) electrons. The van der Waals surface area contributed by atoms with Gasteiger partial charge in [-0.15, -0.1) is 11.6 Å². The van der Waals surface area contributed by atoms with Crippen molar-refractivity contribution in [2.45, 2.75) is 31.2 Å². The molecule has 2 aliphatic rings. The predicted molar refractivity (Wildman–Crippen MR) is 83.8 cm³/mol. The molecule has 2 aliphatic heterocycles. The lowest BCUT2D eigenvalue weighted by Gasteiger charge is -2.35. The third-order valence-corrected chi connectivity index (χ3v) is 4.64. The van der Waals surface area contributed by atoms with Gasteiger partial charge in [-0.2, -0.15) is 0 Å². The molecule has 7 heteroatoms. The van der Waals surface area contributed by atoms with Gasteiger partial charge in [-0.1, -0.05) is 6.07 Å². The Hall–Kier alpha value is -2.08. The van der Waals surface area contributed by atoms with Crippen LogP contribution in [0.3, 0.4) is 0 Å². The SMILES string of the molecule is Cc1ccc(NC2C(C(=O)O)=C3CCCN3C(=O)C2Cl)c(F)c1. The molecule has 0 saturated carbocycles. The Balaban J connectivity index is 2.03. The summed E-state index contributed by atoms with van der Waals surface area (Å²) in [5.41, 5.74) is 1.39. The van der Waals surface area contributed by atoms with E-state index in [1.807, 2.05) is 0 Å². The van der Waals surface area contributed by atoms with Gasteiger partial charge in [0.1, 0.15) is 11.2 Å². The smallest absolute Gasteiger partial charge is 0.335 e. The number of carboxylic acids is 1. The first-order valence-corrected chi connectivity index (χ1v) is 7.78. The number of aliphatic carboxylic acids is 1. The molecule has 0 bridgehead atoms. The van der Waals surface area contributed by atoms with Gasteiger partial charge in [0.25, 0.3) is 0 Å². The Kier molecular flexibility index (Phi) is 4.02. The number of carbonyl (C=O) groups is 2. The number of amides is 1. The number of carboxylic acid groups (broad SMARTS) is 1.